The first-order valence-corrected chi connectivity index (χ1v) is 6.71. The molecule has 2 heterocycles. The lowest BCUT2D eigenvalue weighted by atomic mass is 9.88. The zero-order valence-electron chi connectivity index (χ0n) is 11.1. The minimum atomic E-state index is -0.853. The summed E-state index contributed by atoms with van der Waals surface area (Å²) in [5, 5.41) is 0.867. The second-order valence-electron chi connectivity index (χ2n) is 5.34. The Balaban J connectivity index is 1.92. The highest BCUT2D eigenvalue weighted by Gasteiger charge is 2.49. The van der Waals surface area contributed by atoms with Crippen molar-refractivity contribution in [3.63, 3.8) is 0 Å². The van der Waals surface area contributed by atoms with E-state index in [0.29, 0.717) is 5.75 Å². The molecule has 0 radical (unpaired) electrons. The molecule has 0 atom stereocenters. The molecule has 2 N–H and O–H groups in total. The third-order valence-corrected chi connectivity index (χ3v) is 4.15. The number of hydrogen-bond donors (Lipinski definition) is 1. The molecule has 1 aromatic carbocycles. The van der Waals surface area contributed by atoms with E-state index in [1.54, 1.807) is 12.1 Å². The smallest absolute Gasteiger partial charge is 0.409 e. The van der Waals surface area contributed by atoms with Crippen LogP contribution in [0.5, 0.6) is 5.75 Å². The second kappa shape index (κ2) is 3.90. The Morgan fingerprint density at radius 2 is 2.19 bits per heavy atom. The van der Waals surface area contributed by atoms with Crippen molar-refractivity contribution in [2.75, 3.05) is 0 Å². The fraction of sp³-hybridized carbons (Fsp3) is 0.267. The number of aromatic nitrogens is 1. The van der Waals surface area contributed by atoms with Gasteiger partial charge in [-0.15, -0.1) is 0 Å². The highest BCUT2D eigenvalue weighted by Crippen LogP contribution is 2.51. The Labute approximate surface area is 119 Å². The molecule has 2 aliphatic rings. The molecule has 1 spiro atoms. The summed E-state index contributed by atoms with van der Waals surface area (Å²) in [6.07, 6.45) is 1.95. The third-order valence-electron chi connectivity index (χ3n) is 4.15. The lowest BCUT2D eigenvalue weighted by Gasteiger charge is -2.38. The van der Waals surface area contributed by atoms with Gasteiger partial charge in [-0.05, 0) is 30.7 Å². The maximum atomic E-state index is 11.1. The van der Waals surface area contributed by atoms with Gasteiger partial charge in [-0.1, -0.05) is 0 Å². The van der Waals surface area contributed by atoms with Crippen LogP contribution in [0.1, 0.15) is 25.0 Å². The highest BCUT2D eigenvalue weighted by molar-refractivity contribution is 5.93. The molecule has 2 aromatic rings. The minimum Gasteiger partial charge on any atom is -0.455 e. The average Bonchev–Trinajstić information content (AvgIpc) is 2.91. The standard InChI is InChI=1S/C15H12N2O4/c16-14(19)20-10-2-3-11-9(6-10)7-12-13(8-18)21-15(17(11)12)4-1-5-15/h2-3,6-7H,1,4-5H2,(H2,16,19). The van der Waals surface area contributed by atoms with E-state index in [1.165, 1.54) is 0 Å². The van der Waals surface area contributed by atoms with Gasteiger partial charge < -0.3 is 15.2 Å². The lowest BCUT2D eigenvalue weighted by molar-refractivity contribution is -0.0793. The molecule has 106 valence electrons. The molecule has 1 fully saturated rings. The van der Waals surface area contributed by atoms with Crippen LogP contribution in [0.3, 0.4) is 0 Å². The van der Waals surface area contributed by atoms with Gasteiger partial charge in [0, 0.05) is 18.2 Å². The van der Waals surface area contributed by atoms with Gasteiger partial charge in [-0.3, -0.25) is 4.57 Å². The summed E-state index contributed by atoms with van der Waals surface area (Å²) in [5.74, 6) is 2.48. The Kier molecular flexibility index (Phi) is 2.24. The molecule has 0 bridgehead atoms. The predicted molar refractivity (Wildman–Crippen MR) is 74.2 cm³/mol. The first kappa shape index (κ1) is 12.1. The quantitative estimate of drug-likeness (QED) is 0.813. The number of amides is 1. The lowest BCUT2D eigenvalue weighted by Crippen LogP contribution is -2.38. The Hall–Kier alpha value is -2.72. The summed E-state index contributed by atoms with van der Waals surface area (Å²) in [6, 6.07) is 7.08. The number of carbonyl (C=O) groups excluding carboxylic acids is 2. The van der Waals surface area contributed by atoms with Crippen LogP contribution in [0.25, 0.3) is 16.7 Å². The summed E-state index contributed by atoms with van der Waals surface area (Å²) >= 11 is 0. The molecule has 21 heavy (non-hydrogen) atoms. The minimum absolute atomic E-state index is 0.239. The van der Waals surface area contributed by atoms with Gasteiger partial charge in [0.1, 0.15) is 5.75 Å². The largest absolute Gasteiger partial charge is 0.455 e. The molecule has 1 aromatic heterocycles. The van der Waals surface area contributed by atoms with Crippen molar-refractivity contribution >= 4 is 28.7 Å². The van der Waals surface area contributed by atoms with E-state index in [2.05, 4.69) is 0 Å². The molecular weight excluding hydrogens is 272 g/mol. The van der Waals surface area contributed by atoms with Gasteiger partial charge in [0.25, 0.3) is 0 Å². The van der Waals surface area contributed by atoms with Crippen molar-refractivity contribution in [3.8, 4) is 5.75 Å². The van der Waals surface area contributed by atoms with Crippen molar-refractivity contribution in [3.05, 3.63) is 30.0 Å². The highest BCUT2D eigenvalue weighted by atomic mass is 16.5. The van der Waals surface area contributed by atoms with E-state index in [0.717, 1.165) is 35.9 Å². The molecule has 6 heteroatoms. The number of ether oxygens (including phenoxy) is 2. The molecule has 4 rings (SSSR count). The van der Waals surface area contributed by atoms with Gasteiger partial charge in [0.05, 0.1) is 11.2 Å². The molecule has 1 saturated carbocycles. The number of benzene rings is 1. The Morgan fingerprint density at radius 1 is 1.38 bits per heavy atom. The van der Waals surface area contributed by atoms with Gasteiger partial charge in [-0.2, -0.15) is 0 Å². The number of primary amides is 1. The SMILES string of the molecule is NC(=O)Oc1ccc2c(c1)cc1n2C2(CCC2)OC1=C=O. The van der Waals surface area contributed by atoms with Gasteiger partial charge in [-0.25, -0.2) is 9.59 Å². The van der Waals surface area contributed by atoms with Crippen molar-refractivity contribution < 1.29 is 19.1 Å². The Morgan fingerprint density at radius 3 is 2.81 bits per heavy atom. The summed E-state index contributed by atoms with van der Waals surface area (Å²) in [6.45, 7) is 0. The van der Waals surface area contributed by atoms with Gasteiger partial charge >= 0.3 is 6.09 Å². The van der Waals surface area contributed by atoms with Crippen molar-refractivity contribution in [1.82, 2.24) is 4.57 Å². The van der Waals surface area contributed by atoms with Gasteiger partial charge in [0.15, 0.2) is 11.7 Å². The number of carbonyl (C=O) groups is 1. The molecule has 1 aliphatic heterocycles. The zero-order chi connectivity index (χ0) is 14.6. The van der Waals surface area contributed by atoms with Crippen molar-refractivity contribution in [2.24, 2.45) is 5.73 Å². The van der Waals surface area contributed by atoms with Crippen LogP contribution in [-0.4, -0.2) is 16.6 Å². The van der Waals surface area contributed by atoms with Crippen LogP contribution in [-0.2, 0) is 15.3 Å². The van der Waals surface area contributed by atoms with E-state index >= 15 is 0 Å². The summed E-state index contributed by atoms with van der Waals surface area (Å²) in [5.41, 5.74) is 6.22. The molecular formula is C15H12N2O4. The summed E-state index contributed by atoms with van der Waals surface area (Å²) in [4.78, 5) is 21.9. The van der Waals surface area contributed by atoms with Crippen LogP contribution < -0.4 is 10.5 Å². The Bertz CT molecular complexity index is 826. The normalized spacial score (nSPS) is 18.0. The number of nitrogens with zero attached hydrogens (tertiary/aromatic N) is 1. The van der Waals surface area contributed by atoms with Crippen LogP contribution in [0.2, 0.25) is 0 Å². The monoisotopic (exact) mass is 284 g/mol. The van der Waals surface area contributed by atoms with Crippen LogP contribution >= 0.6 is 0 Å². The van der Waals surface area contributed by atoms with E-state index in [1.807, 2.05) is 22.6 Å². The molecule has 1 aliphatic carbocycles. The van der Waals surface area contributed by atoms with E-state index in [4.69, 9.17) is 15.2 Å². The molecule has 1 amide bonds. The maximum Gasteiger partial charge on any atom is 0.409 e. The van der Waals surface area contributed by atoms with Crippen LogP contribution in [0.4, 0.5) is 4.79 Å². The molecule has 0 unspecified atom stereocenters. The average molecular weight is 284 g/mol. The first-order chi connectivity index (χ1) is 10.1. The predicted octanol–water partition coefficient (Wildman–Crippen LogP) is 2.14. The van der Waals surface area contributed by atoms with Gasteiger partial charge in [0.2, 0.25) is 5.76 Å². The fourth-order valence-electron chi connectivity index (χ4n) is 3.15. The van der Waals surface area contributed by atoms with Crippen molar-refractivity contribution in [2.45, 2.75) is 25.0 Å². The summed E-state index contributed by atoms with van der Waals surface area (Å²) < 4.78 is 12.7. The number of hydrogen-bond acceptors (Lipinski definition) is 4. The van der Waals surface area contributed by atoms with Crippen LogP contribution in [0.15, 0.2) is 24.3 Å². The first-order valence-electron chi connectivity index (χ1n) is 6.71. The summed E-state index contributed by atoms with van der Waals surface area (Å²) in [7, 11) is 0. The van der Waals surface area contributed by atoms with Crippen molar-refractivity contribution in [1.29, 1.82) is 0 Å². The van der Waals surface area contributed by atoms with E-state index in [9.17, 15) is 9.59 Å². The second-order valence-corrected chi connectivity index (χ2v) is 5.34. The molecule has 0 saturated heterocycles. The maximum absolute atomic E-state index is 11.1. The fourth-order valence-corrected chi connectivity index (χ4v) is 3.15. The molecule has 6 nitrogen and oxygen atoms in total. The topological polar surface area (TPSA) is 83.6 Å². The number of nitrogens with two attached hydrogens (primary N) is 1. The zero-order valence-corrected chi connectivity index (χ0v) is 11.1. The number of fused-ring (bicyclic) bond motifs is 4. The van der Waals surface area contributed by atoms with E-state index < -0.39 is 11.8 Å². The van der Waals surface area contributed by atoms with Crippen LogP contribution in [0, 0.1) is 0 Å². The van der Waals surface area contributed by atoms with E-state index in [-0.39, 0.29) is 5.76 Å². The third kappa shape index (κ3) is 1.53. The number of rotatable bonds is 1.